The topological polar surface area (TPSA) is 4.41 Å². The molecule has 0 N–H and O–H groups in total. The average Bonchev–Trinajstić information content (AvgIpc) is 2.47. The second-order valence-electron chi connectivity index (χ2n) is 2.58. The Kier molecular flexibility index (Phi) is 1.42. The Bertz CT molecular complexity index is 360. The van der Waals surface area contributed by atoms with E-state index >= 15 is 0 Å². The average molecular weight is 144 g/mol. The van der Waals surface area contributed by atoms with Crippen molar-refractivity contribution in [3.05, 3.63) is 49.1 Å². The van der Waals surface area contributed by atoms with E-state index in [-0.39, 0.29) is 0 Å². The summed E-state index contributed by atoms with van der Waals surface area (Å²) in [5, 5.41) is 0. The number of pyridine rings is 1. The van der Waals surface area contributed by atoms with Crippen molar-refractivity contribution in [2.24, 2.45) is 0 Å². The molecule has 0 spiro atoms. The third kappa shape index (κ3) is 0.929. The van der Waals surface area contributed by atoms with Gasteiger partial charge in [0.1, 0.15) is 0 Å². The quantitative estimate of drug-likeness (QED) is 0.578. The standard InChI is InChI=1S/C10H10N/c1-2-9-6-8-11-7-4-3-5-10(9)11/h3-8H,1-2H2. The van der Waals surface area contributed by atoms with Crippen LogP contribution in [0.4, 0.5) is 0 Å². The Labute approximate surface area is 66.3 Å². The molecule has 0 unspecified atom stereocenters. The Morgan fingerprint density at radius 1 is 1.18 bits per heavy atom. The Balaban J connectivity index is 2.76. The summed E-state index contributed by atoms with van der Waals surface area (Å²) in [5.41, 5.74) is 2.58. The van der Waals surface area contributed by atoms with Gasteiger partial charge < -0.3 is 4.40 Å². The third-order valence-corrected chi connectivity index (χ3v) is 1.92. The van der Waals surface area contributed by atoms with Crippen molar-refractivity contribution in [3.63, 3.8) is 0 Å². The molecule has 2 aromatic rings. The summed E-state index contributed by atoms with van der Waals surface area (Å²) in [6.45, 7) is 3.86. The highest BCUT2D eigenvalue weighted by Crippen LogP contribution is 2.11. The van der Waals surface area contributed by atoms with Gasteiger partial charge in [-0.25, -0.2) is 0 Å². The number of fused-ring (bicyclic) bond motifs is 1. The normalized spacial score (nSPS) is 10.6. The first-order valence-electron chi connectivity index (χ1n) is 3.75. The molecule has 0 bridgehead atoms. The predicted octanol–water partition coefficient (Wildman–Crippen LogP) is 2.32. The molecule has 0 aromatic carbocycles. The van der Waals surface area contributed by atoms with Gasteiger partial charge in [-0.3, -0.25) is 0 Å². The minimum absolute atomic E-state index is 0.862. The van der Waals surface area contributed by atoms with Crippen LogP contribution in [0.15, 0.2) is 36.7 Å². The summed E-state index contributed by atoms with van der Waals surface area (Å²) in [4.78, 5) is 0. The molecule has 55 valence electrons. The van der Waals surface area contributed by atoms with Gasteiger partial charge in [0.25, 0.3) is 0 Å². The lowest BCUT2D eigenvalue weighted by molar-refractivity contribution is 1.19. The molecule has 11 heavy (non-hydrogen) atoms. The van der Waals surface area contributed by atoms with Gasteiger partial charge >= 0.3 is 0 Å². The van der Waals surface area contributed by atoms with Gasteiger partial charge in [0.15, 0.2) is 0 Å². The highest BCUT2D eigenvalue weighted by molar-refractivity contribution is 5.55. The molecule has 0 saturated heterocycles. The van der Waals surface area contributed by atoms with Crippen molar-refractivity contribution in [1.82, 2.24) is 4.40 Å². The fraction of sp³-hybridized carbons (Fsp3) is 0.100. The molecule has 0 atom stereocenters. The summed E-state index contributed by atoms with van der Waals surface area (Å²) >= 11 is 0. The van der Waals surface area contributed by atoms with Crippen LogP contribution in [0.3, 0.4) is 0 Å². The van der Waals surface area contributed by atoms with E-state index in [9.17, 15) is 0 Å². The molecule has 2 heterocycles. The van der Waals surface area contributed by atoms with E-state index in [1.807, 2.05) is 6.07 Å². The largest absolute Gasteiger partial charge is 0.324 e. The smallest absolute Gasteiger partial charge is 0.0481 e. The molecule has 0 saturated carbocycles. The van der Waals surface area contributed by atoms with Gasteiger partial charge in [-0.2, -0.15) is 0 Å². The van der Waals surface area contributed by atoms with Crippen LogP contribution in [0.1, 0.15) is 5.56 Å². The zero-order valence-corrected chi connectivity index (χ0v) is 6.33. The van der Waals surface area contributed by atoms with Crippen molar-refractivity contribution in [3.8, 4) is 0 Å². The van der Waals surface area contributed by atoms with Gasteiger partial charge in [0, 0.05) is 17.9 Å². The second-order valence-corrected chi connectivity index (χ2v) is 2.58. The number of hydrogen-bond donors (Lipinski definition) is 0. The van der Waals surface area contributed by atoms with Crippen LogP contribution in [0.2, 0.25) is 0 Å². The van der Waals surface area contributed by atoms with Crippen LogP contribution in [-0.2, 0) is 6.42 Å². The molecule has 0 aliphatic carbocycles. The first kappa shape index (κ1) is 6.47. The maximum Gasteiger partial charge on any atom is 0.0481 e. The fourth-order valence-electron chi connectivity index (χ4n) is 1.33. The van der Waals surface area contributed by atoms with Crippen LogP contribution >= 0.6 is 0 Å². The third-order valence-electron chi connectivity index (χ3n) is 1.92. The van der Waals surface area contributed by atoms with E-state index in [2.05, 4.69) is 41.9 Å². The number of nitrogens with zero attached hydrogens (tertiary/aromatic N) is 1. The van der Waals surface area contributed by atoms with Crippen molar-refractivity contribution in [1.29, 1.82) is 0 Å². The second kappa shape index (κ2) is 2.42. The van der Waals surface area contributed by atoms with Crippen LogP contribution in [0, 0.1) is 6.92 Å². The van der Waals surface area contributed by atoms with Crippen molar-refractivity contribution in [2.75, 3.05) is 0 Å². The minimum Gasteiger partial charge on any atom is -0.324 e. The fourth-order valence-corrected chi connectivity index (χ4v) is 1.33. The lowest BCUT2D eigenvalue weighted by atomic mass is 10.2. The highest BCUT2D eigenvalue weighted by atomic mass is 14.8. The number of hydrogen-bond acceptors (Lipinski definition) is 0. The predicted molar refractivity (Wildman–Crippen MR) is 46.5 cm³/mol. The summed E-state index contributed by atoms with van der Waals surface area (Å²) in [6, 6.07) is 8.30. The van der Waals surface area contributed by atoms with Gasteiger partial charge in [-0.15, -0.1) is 0 Å². The van der Waals surface area contributed by atoms with Gasteiger partial charge in [-0.1, -0.05) is 6.07 Å². The molecule has 0 fully saturated rings. The van der Waals surface area contributed by atoms with E-state index in [1.54, 1.807) is 0 Å². The van der Waals surface area contributed by atoms with Crippen LogP contribution in [-0.4, -0.2) is 4.40 Å². The molecule has 1 radical (unpaired) electrons. The maximum atomic E-state index is 3.86. The summed E-state index contributed by atoms with van der Waals surface area (Å²) in [7, 11) is 0. The Morgan fingerprint density at radius 2 is 2.09 bits per heavy atom. The molecule has 2 aromatic heterocycles. The SMILES string of the molecule is [CH2]Cc1ccn2ccccc12. The minimum atomic E-state index is 0.862. The van der Waals surface area contributed by atoms with Crippen LogP contribution in [0.5, 0.6) is 0 Å². The first-order valence-corrected chi connectivity index (χ1v) is 3.75. The molecular formula is C10H10N. The maximum absolute atomic E-state index is 3.86. The monoisotopic (exact) mass is 144 g/mol. The molecule has 1 heteroatoms. The molecule has 0 aliphatic heterocycles. The first-order chi connectivity index (χ1) is 5.42. The summed E-state index contributed by atoms with van der Waals surface area (Å²) in [6.07, 6.45) is 4.98. The molecule has 0 aliphatic rings. The van der Waals surface area contributed by atoms with Gasteiger partial charge in [-0.05, 0) is 37.1 Å². The van der Waals surface area contributed by atoms with E-state index in [4.69, 9.17) is 0 Å². The van der Waals surface area contributed by atoms with E-state index < -0.39 is 0 Å². The molecule has 1 nitrogen and oxygen atoms in total. The number of aromatic nitrogens is 1. The lowest BCUT2D eigenvalue weighted by Gasteiger charge is -1.94. The van der Waals surface area contributed by atoms with Gasteiger partial charge in [0.2, 0.25) is 0 Å². The van der Waals surface area contributed by atoms with E-state index in [1.165, 1.54) is 11.1 Å². The zero-order valence-electron chi connectivity index (χ0n) is 6.33. The Hall–Kier alpha value is -1.24. The molecule has 0 amide bonds. The summed E-state index contributed by atoms with van der Waals surface area (Å²) in [5.74, 6) is 0. The Morgan fingerprint density at radius 3 is 2.91 bits per heavy atom. The van der Waals surface area contributed by atoms with Gasteiger partial charge in [0.05, 0.1) is 0 Å². The molecular weight excluding hydrogens is 134 g/mol. The van der Waals surface area contributed by atoms with Crippen molar-refractivity contribution >= 4 is 5.52 Å². The van der Waals surface area contributed by atoms with E-state index in [0.717, 1.165) is 6.42 Å². The van der Waals surface area contributed by atoms with Crippen molar-refractivity contribution in [2.45, 2.75) is 6.42 Å². The van der Waals surface area contributed by atoms with E-state index in [0.29, 0.717) is 0 Å². The lowest BCUT2D eigenvalue weighted by Crippen LogP contribution is -1.81. The van der Waals surface area contributed by atoms with Crippen LogP contribution < -0.4 is 0 Å². The number of rotatable bonds is 1. The highest BCUT2D eigenvalue weighted by Gasteiger charge is 1.96. The van der Waals surface area contributed by atoms with Crippen LogP contribution in [0.25, 0.3) is 5.52 Å². The van der Waals surface area contributed by atoms with Crippen molar-refractivity contribution < 1.29 is 0 Å². The molecule has 2 rings (SSSR count). The summed E-state index contributed by atoms with van der Waals surface area (Å²) < 4.78 is 2.11. The zero-order chi connectivity index (χ0) is 7.68.